The van der Waals surface area contributed by atoms with Gasteiger partial charge >= 0.3 is 5.97 Å². The predicted octanol–water partition coefficient (Wildman–Crippen LogP) is 3.23. The molecular formula is C17H14ClFN2O4. The van der Waals surface area contributed by atoms with Gasteiger partial charge in [-0.2, -0.15) is 0 Å². The van der Waals surface area contributed by atoms with E-state index in [-0.39, 0.29) is 10.6 Å². The monoisotopic (exact) mass is 364 g/mol. The first-order valence-electron chi connectivity index (χ1n) is 7.15. The zero-order chi connectivity index (χ0) is 18.4. The third kappa shape index (κ3) is 5.58. The lowest BCUT2D eigenvalue weighted by Crippen LogP contribution is -2.20. The number of halogens is 2. The molecule has 2 N–H and O–H groups in total. The van der Waals surface area contributed by atoms with Crippen LogP contribution in [0.1, 0.15) is 17.3 Å². The van der Waals surface area contributed by atoms with E-state index in [0.717, 1.165) is 6.07 Å². The van der Waals surface area contributed by atoms with Gasteiger partial charge in [-0.05, 0) is 36.4 Å². The van der Waals surface area contributed by atoms with E-state index in [1.165, 1.54) is 25.1 Å². The summed E-state index contributed by atoms with van der Waals surface area (Å²) >= 11 is 5.67. The van der Waals surface area contributed by atoms with Crippen LogP contribution in [-0.4, -0.2) is 24.4 Å². The van der Waals surface area contributed by atoms with E-state index in [4.69, 9.17) is 11.6 Å². The van der Waals surface area contributed by atoms with Gasteiger partial charge in [0, 0.05) is 23.9 Å². The Balaban J connectivity index is 2.04. The highest BCUT2D eigenvalue weighted by molar-refractivity contribution is 6.31. The maximum Gasteiger partial charge on any atom is 0.303 e. The molecule has 0 aliphatic rings. The Morgan fingerprint density at radius 2 is 1.80 bits per heavy atom. The predicted molar refractivity (Wildman–Crippen MR) is 91.1 cm³/mol. The minimum Gasteiger partial charge on any atom is -0.456 e. The Morgan fingerprint density at radius 1 is 1.08 bits per heavy atom. The fourth-order valence-electron chi connectivity index (χ4n) is 1.88. The Hall–Kier alpha value is -2.93. The van der Waals surface area contributed by atoms with Crippen LogP contribution in [0.3, 0.4) is 0 Å². The molecule has 0 saturated carbocycles. The van der Waals surface area contributed by atoms with Crippen molar-refractivity contribution in [1.29, 1.82) is 0 Å². The van der Waals surface area contributed by atoms with Crippen molar-refractivity contribution < 1.29 is 23.5 Å². The van der Waals surface area contributed by atoms with Crippen LogP contribution < -0.4 is 10.6 Å². The lowest BCUT2D eigenvalue weighted by molar-refractivity contribution is -0.144. The maximum atomic E-state index is 13.1. The molecule has 2 amide bonds. The molecule has 0 aliphatic heterocycles. The summed E-state index contributed by atoms with van der Waals surface area (Å²) in [5.41, 5.74) is 0.966. The van der Waals surface area contributed by atoms with Gasteiger partial charge in [0.05, 0.1) is 5.02 Å². The van der Waals surface area contributed by atoms with Gasteiger partial charge in [0.15, 0.2) is 6.61 Å². The summed E-state index contributed by atoms with van der Waals surface area (Å²) in [6.45, 7) is 0.778. The second-order valence-electron chi connectivity index (χ2n) is 4.99. The van der Waals surface area contributed by atoms with Crippen LogP contribution in [0.15, 0.2) is 42.5 Å². The number of hydrogen-bond donors (Lipinski definition) is 2. The minimum atomic E-state index is -0.586. The number of anilines is 2. The molecule has 0 unspecified atom stereocenters. The average Bonchev–Trinajstić information content (AvgIpc) is 2.56. The van der Waals surface area contributed by atoms with Crippen molar-refractivity contribution in [3.63, 3.8) is 0 Å². The first kappa shape index (κ1) is 18.4. The highest BCUT2D eigenvalue weighted by Crippen LogP contribution is 2.20. The highest BCUT2D eigenvalue weighted by atomic mass is 35.5. The molecule has 0 saturated heterocycles. The third-order valence-corrected chi connectivity index (χ3v) is 3.28. The van der Waals surface area contributed by atoms with Gasteiger partial charge < -0.3 is 15.4 Å². The van der Waals surface area contributed by atoms with Crippen LogP contribution in [0.25, 0.3) is 0 Å². The zero-order valence-electron chi connectivity index (χ0n) is 13.1. The third-order valence-electron chi connectivity index (χ3n) is 2.99. The van der Waals surface area contributed by atoms with E-state index in [9.17, 15) is 18.8 Å². The van der Waals surface area contributed by atoms with Crippen LogP contribution in [0.2, 0.25) is 5.02 Å². The molecule has 2 aromatic rings. The lowest BCUT2D eigenvalue weighted by atomic mass is 10.2. The van der Waals surface area contributed by atoms with Gasteiger partial charge in [0.25, 0.3) is 11.8 Å². The molecule has 25 heavy (non-hydrogen) atoms. The van der Waals surface area contributed by atoms with Crippen LogP contribution in [0.4, 0.5) is 15.8 Å². The quantitative estimate of drug-likeness (QED) is 0.798. The molecule has 0 aliphatic carbocycles. The first-order valence-corrected chi connectivity index (χ1v) is 7.52. The zero-order valence-corrected chi connectivity index (χ0v) is 13.9. The molecular weight excluding hydrogens is 351 g/mol. The van der Waals surface area contributed by atoms with E-state index in [2.05, 4.69) is 15.4 Å². The minimum absolute atomic E-state index is 0.107. The van der Waals surface area contributed by atoms with Gasteiger partial charge in [0.2, 0.25) is 0 Å². The number of benzene rings is 2. The van der Waals surface area contributed by atoms with Crippen LogP contribution in [-0.2, 0) is 14.3 Å². The Kier molecular flexibility index (Phi) is 6.08. The fraction of sp³-hybridized carbons (Fsp3) is 0.118. The largest absolute Gasteiger partial charge is 0.456 e. The van der Waals surface area contributed by atoms with Gasteiger partial charge in [-0.1, -0.05) is 17.7 Å². The van der Waals surface area contributed by atoms with Gasteiger partial charge in [-0.3, -0.25) is 14.4 Å². The number of hydrogen-bond acceptors (Lipinski definition) is 4. The Bertz CT molecular complexity index is 826. The highest BCUT2D eigenvalue weighted by Gasteiger charge is 2.10. The van der Waals surface area contributed by atoms with Crippen LogP contribution in [0.5, 0.6) is 0 Å². The fourth-order valence-corrected chi connectivity index (χ4v) is 2.06. The summed E-state index contributed by atoms with van der Waals surface area (Å²) in [4.78, 5) is 34.5. The Labute approximate surface area is 147 Å². The second kappa shape index (κ2) is 8.25. The summed E-state index contributed by atoms with van der Waals surface area (Å²) in [5.74, 6) is -2.14. The normalized spacial score (nSPS) is 10.0. The molecule has 2 aromatic carbocycles. The number of amides is 2. The number of ether oxygens (including phenoxy) is 1. The SMILES string of the molecule is CC(=O)OCC(=O)Nc1cccc(C(=O)Nc2ccc(F)c(Cl)c2)c1. The molecule has 0 radical (unpaired) electrons. The van der Waals surface area contributed by atoms with Gasteiger partial charge in [-0.25, -0.2) is 4.39 Å². The van der Waals surface area contributed by atoms with Crippen LogP contribution >= 0.6 is 11.6 Å². The molecule has 0 atom stereocenters. The van der Waals surface area contributed by atoms with Crippen molar-refractivity contribution in [1.82, 2.24) is 0 Å². The maximum absolute atomic E-state index is 13.1. The Morgan fingerprint density at radius 3 is 2.48 bits per heavy atom. The lowest BCUT2D eigenvalue weighted by Gasteiger charge is -2.09. The summed E-state index contributed by atoms with van der Waals surface area (Å²) < 4.78 is 17.7. The van der Waals surface area contributed by atoms with Crippen molar-refractivity contribution >= 4 is 40.8 Å². The number of carbonyl (C=O) groups excluding carboxylic acids is 3. The molecule has 0 fully saturated rings. The van der Waals surface area contributed by atoms with Crippen LogP contribution in [0, 0.1) is 5.82 Å². The molecule has 0 aromatic heterocycles. The number of nitrogens with one attached hydrogen (secondary N) is 2. The molecule has 0 heterocycles. The summed E-state index contributed by atoms with van der Waals surface area (Å²) in [5, 5.41) is 4.97. The second-order valence-corrected chi connectivity index (χ2v) is 5.40. The van der Waals surface area contributed by atoms with Crippen molar-refractivity contribution in [3.05, 3.63) is 58.9 Å². The topological polar surface area (TPSA) is 84.5 Å². The van der Waals surface area contributed by atoms with Crippen molar-refractivity contribution in [2.24, 2.45) is 0 Å². The molecule has 8 heteroatoms. The summed E-state index contributed by atoms with van der Waals surface area (Å²) in [7, 11) is 0. The van der Waals surface area contributed by atoms with Crippen molar-refractivity contribution in [2.75, 3.05) is 17.2 Å². The summed E-state index contributed by atoms with van der Waals surface area (Å²) in [6, 6.07) is 9.96. The van der Waals surface area contributed by atoms with Gasteiger partial charge in [0.1, 0.15) is 5.82 Å². The van der Waals surface area contributed by atoms with E-state index in [1.54, 1.807) is 18.2 Å². The molecule has 2 rings (SSSR count). The van der Waals surface area contributed by atoms with E-state index in [0.29, 0.717) is 11.4 Å². The van der Waals surface area contributed by atoms with Gasteiger partial charge in [-0.15, -0.1) is 0 Å². The number of esters is 1. The first-order chi connectivity index (χ1) is 11.8. The van der Waals surface area contributed by atoms with E-state index < -0.39 is 30.2 Å². The molecule has 130 valence electrons. The number of rotatable bonds is 5. The van der Waals surface area contributed by atoms with E-state index in [1.807, 2.05) is 0 Å². The number of carbonyl (C=O) groups is 3. The van der Waals surface area contributed by atoms with Crippen molar-refractivity contribution in [3.8, 4) is 0 Å². The summed E-state index contributed by atoms with van der Waals surface area (Å²) in [6.07, 6.45) is 0. The molecule has 6 nitrogen and oxygen atoms in total. The van der Waals surface area contributed by atoms with Crippen molar-refractivity contribution in [2.45, 2.75) is 6.92 Å². The van der Waals surface area contributed by atoms with E-state index >= 15 is 0 Å². The smallest absolute Gasteiger partial charge is 0.303 e. The standard InChI is InChI=1S/C17H14ClFN2O4/c1-10(22)25-9-16(23)20-12-4-2-3-11(7-12)17(24)21-13-5-6-15(19)14(18)8-13/h2-8H,9H2,1H3,(H,20,23)(H,21,24). The molecule has 0 spiro atoms. The average molecular weight is 365 g/mol. The molecule has 0 bridgehead atoms.